The van der Waals surface area contributed by atoms with Crippen LogP contribution in [0.15, 0.2) is 42.5 Å². The van der Waals surface area contributed by atoms with Gasteiger partial charge in [0.05, 0.1) is 16.6 Å². The zero-order valence-corrected chi connectivity index (χ0v) is 14.7. The maximum absolute atomic E-state index is 12.6. The maximum atomic E-state index is 12.6. The molecule has 1 atom stereocenters. The van der Waals surface area contributed by atoms with E-state index in [0.29, 0.717) is 47.7 Å². The molecule has 0 aliphatic carbocycles. The van der Waals surface area contributed by atoms with E-state index in [9.17, 15) is 9.59 Å². The van der Waals surface area contributed by atoms with Crippen LogP contribution >= 0.6 is 11.6 Å². The highest BCUT2D eigenvalue weighted by Gasteiger charge is 2.36. The summed E-state index contributed by atoms with van der Waals surface area (Å²) >= 11 is 6.17. The van der Waals surface area contributed by atoms with E-state index in [4.69, 9.17) is 21.1 Å². The molecule has 0 unspecified atom stereocenters. The Morgan fingerprint density at radius 1 is 1.12 bits per heavy atom. The monoisotopic (exact) mass is 372 g/mol. The number of halogens is 1. The lowest BCUT2D eigenvalue weighted by Gasteiger charge is -2.20. The molecule has 1 fully saturated rings. The standard InChI is InChI=1S/C19H17ClN2O4/c20-14-3-1-2-4-15(14)22-11-12(9-18(22)23)19(24)21-13-5-6-16-17(10-13)26-8-7-25-16/h1-6,10,12H,7-9,11H2,(H,21,24)/t12-/m1/s1. The minimum Gasteiger partial charge on any atom is -0.486 e. The van der Waals surface area contributed by atoms with Gasteiger partial charge < -0.3 is 19.7 Å². The molecule has 2 heterocycles. The van der Waals surface area contributed by atoms with Crippen LogP contribution in [0.1, 0.15) is 6.42 Å². The van der Waals surface area contributed by atoms with Gasteiger partial charge in [-0.15, -0.1) is 0 Å². The molecule has 2 aliphatic heterocycles. The number of anilines is 2. The van der Waals surface area contributed by atoms with E-state index in [1.807, 2.05) is 6.07 Å². The van der Waals surface area contributed by atoms with Crippen LogP contribution < -0.4 is 19.7 Å². The lowest BCUT2D eigenvalue weighted by molar-refractivity contribution is -0.122. The van der Waals surface area contributed by atoms with Gasteiger partial charge in [-0.2, -0.15) is 0 Å². The third kappa shape index (κ3) is 3.20. The Morgan fingerprint density at radius 2 is 1.88 bits per heavy atom. The number of hydrogen-bond acceptors (Lipinski definition) is 4. The predicted molar refractivity (Wildman–Crippen MR) is 98.0 cm³/mol. The van der Waals surface area contributed by atoms with Crippen LogP contribution in [0.25, 0.3) is 0 Å². The molecule has 0 aromatic heterocycles. The van der Waals surface area contributed by atoms with E-state index in [1.54, 1.807) is 41.3 Å². The van der Waals surface area contributed by atoms with Crippen LogP contribution in [-0.2, 0) is 9.59 Å². The summed E-state index contributed by atoms with van der Waals surface area (Å²) in [5, 5.41) is 3.35. The van der Waals surface area contributed by atoms with Gasteiger partial charge in [-0.25, -0.2) is 0 Å². The average molecular weight is 373 g/mol. The van der Waals surface area contributed by atoms with E-state index in [0.717, 1.165) is 0 Å². The average Bonchev–Trinajstić information content (AvgIpc) is 3.04. The Kier molecular flexibility index (Phi) is 4.42. The molecule has 1 N–H and O–H groups in total. The van der Waals surface area contributed by atoms with Gasteiger partial charge in [0.2, 0.25) is 11.8 Å². The van der Waals surface area contributed by atoms with E-state index in [-0.39, 0.29) is 18.2 Å². The van der Waals surface area contributed by atoms with Gasteiger partial charge in [0, 0.05) is 24.7 Å². The molecule has 0 bridgehead atoms. The molecular weight excluding hydrogens is 356 g/mol. The number of nitrogens with one attached hydrogen (secondary N) is 1. The Labute approximate surface area is 155 Å². The predicted octanol–water partition coefficient (Wildman–Crippen LogP) is 3.10. The number of carbonyl (C=O) groups excluding carboxylic acids is 2. The molecule has 134 valence electrons. The number of carbonyl (C=O) groups is 2. The second-order valence-corrected chi connectivity index (χ2v) is 6.61. The SMILES string of the molecule is O=C(Nc1ccc2c(c1)OCCO2)[C@@H]1CC(=O)N(c2ccccc2Cl)C1. The molecule has 1 saturated heterocycles. The zero-order valence-electron chi connectivity index (χ0n) is 13.9. The van der Waals surface area contributed by atoms with Crippen molar-refractivity contribution in [1.82, 2.24) is 0 Å². The minimum atomic E-state index is -0.438. The number of amides is 2. The van der Waals surface area contributed by atoms with Crippen LogP contribution in [-0.4, -0.2) is 31.6 Å². The van der Waals surface area contributed by atoms with E-state index < -0.39 is 5.92 Å². The van der Waals surface area contributed by atoms with Crippen molar-refractivity contribution in [2.24, 2.45) is 5.92 Å². The second-order valence-electron chi connectivity index (χ2n) is 6.20. The van der Waals surface area contributed by atoms with Gasteiger partial charge in [0.15, 0.2) is 11.5 Å². The number of fused-ring (bicyclic) bond motifs is 1. The van der Waals surface area contributed by atoms with Crippen molar-refractivity contribution in [3.05, 3.63) is 47.5 Å². The number of benzene rings is 2. The summed E-state index contributed by atoms with van der Waals surface area (Å²) in [4.78, 5) is 26.5. The summed E-state index contributed by atoms with van der Waals surface area (Å²) in [7, 11) is 0. The lowest BCUT2D eigenvalue weighted by Crippen LogP contribution is -2.28. The molecule has 0 saturated carbocycles. The quantitative estimate of drug-likeness (QED) is 0.899. The Balaban J connectivity index is 1.46. The molecule has 2 aromatic carbocycles. The fourth-order valence-corrected chi connectivity index (χ4v) is 3.39. The summed E-state index contributed by atoms with van der Waals surface area (Å²) < 4.78 is 11.0. The van der Waals surface area contributed by atoms with Crippen LogP contribution in [0.2, 0.25) is 5.02 Å². The number of ether oxygens (including phenoxy) is 2. The fourth-order valence-electron chi connectivity index (χ4n) is 3.15. The highest BCUT2D eigenvalue weighted by Crippen LogP contribution is 2.34. The van der Waals surface area contributed by atoms with Gasteiger partial charge in [-0.05, 0) is 24.3 Å². The van der Waals surface area contributed by atoms with Crippen molar-refractivity contribution < 1.29 is 19.1 Å². The summed E-state index contributed by atoms with van der Waals surface area (Å²) in [5.41, 5.74) is 1.25. The minimum absolute atomic E-state index is 0.111. The largest absolute Gasteiger partial charge is 0.486 e. The second kappa shape index (κ2) is 6.88. The normalized spacial score (nSPS) is 18.7. The van der Waals surface area contributed by atoms with Gasteiger partial charge >= 0.3 is 0 Å². The number of nitrogens with zero attached hydrogens (tertiary/aromatic N) is 1. The highest BCUT2D eigenvalue weighted by molar-refractivity contribution is 6.33. The van der Waals surface area contributed by atoms with Crippen molar-refractivity contribution in [2.45, 2.75) is 6.42 Å². The molecular formula is C19H17ClN2O4. The van der Waals surface area contributed by atoms with Gasteiger partial charge in [-0.1, -0.05) is 23.7 Å². The van der Waals surface area contributed by atoms with Crippen LogP contribution in [0, 0.1) is 5.92 Å². The summed E-state index contributed by atoms with van der Waals surface area (Å²) in [6, 6.07) is 12.4. The maximum Gasteiger partial charge on any atom is 0.229 e. The molecule has 26 heavy (non-hydrogen) atoms. The third-order valence-electron chi connectivity index (χ3n) is 4.45. The Hall–Kier alpha value is -2.73. The lowest BCUT2D eigenvalue weighted by atomic mass is 10.1. The Morgan fingerprint density at radius 3 is 2.69 bits per heavy atom. The Bertz CT molecular complexity index is 870. The first-order valence-electron chi connectivity index (χ1n) is 8.37. The van der Waals surface area contributed by atoms with Crippen molar-refractivity contribution in [3.63, 3.8) is 0 Å². The van der Waals surface area contributed by atoms with E-state index >= 15 is 0 Å². The first kappa shape index (κ1) is 16.7. The smallest absolute Gasteiger partial charge is 0.229 e. The molecule has 2 aromatic rings. The zero-order chi connectivity index (χ0) is 18.1. The molecule has 7 heteroatoms. The van der Waals surface area contributed by atoms with Crippen LogP contribution in [0.4, 0.5) is 11.4 Å². The number of hydrogen-bond donors (Lipinski definition) is 1. The van der Waals surface area contributed by atoms with Crippen molar-refractivity contribution in [2.75, 3.05) is 30.0 Å². The molecule has 2 aliphatic rings. The molecule has 6 nitrogen and oxygen atoms in total. The van der Waals surface area contributed by atoms with Gasteiger partial charge in [0.25, 0.3) is 0 Å². The van der Waals surface area contributed by atoms with E-state index in [1.165, 1.54) is 0 Å². The van der Waals surface area contributed by atoms with Crippen molar-refractivity contribution in [1.29, 1.82) is 0 Å². The van der Waals surface area contributed by atoms with Crippen LogP contribution in [0.5, 0.6) is 11.5 Å². The fraction of sp³-hybridized carbons (Fsp3) is 0.263. The van der Waals surface area contributed by atoms with Gasteiger partial charge in [-0.3, -0.25) is 9.59 Å². The summed E-state index contributed by atoms with van der Waals surface area (Å²) in [5.74, 6) is 0.515. The number of rotatable bonds is 3. The van der Waals surface area contributed by atoms with Gasteiger partial charge in [0.1, 0.15) is 13.2 Å². The van der Waals surface area contributed by atoms with Crippen LogP contribution in [0.3, 0.4) is 0 Å². The summed E-state index contributed by atoms with van der Waals surface area (Å²) in [6.45, 7) is 1.30. The number of para-hydroxylation sites is 1. The van der Waals surface area contributed by atoms with Crippen molar-refractivity contribution >= 4 is 34.8 Å². The first-order valence-corrected chi connectivity index (χ1v) is 8.75. The molecule has 0 radical (unpaired) electrons. The molecule has 4 rings (SSSR count). The highest BCUT2D eigenvalue weighted by atomic mass is 35.5. The first-order chi connectivity index (χ1) is 12.6. The van der Waals surface area contributed by atoms with E-state index in [2.05, 4.69) is 5.32 Å². The third-order valence-corrected chi connectivity index (χ3v) is 4.77. The van der Waals surface area contributed by atoms with Crippen molar-refractivity contribution in [3.8, 4) is 11.5 Å². The molecule has 0 spiro atoms. The summed E-state index contributed by atoms with van der Waals surface area (Å²) in [6.07, 6.45) is 0.154. The molecule has 2 amide bonds. The topological polar surface area (TPSA) is 67.9 Å².